The second-order valence-electron chi connectivity index (χ2n) is 3.77. The lowest BCUT2D eigenvalue weighted by atomic mass is 10.2. The predicted molar refractivity (Wildman–Crippen MR) is 75.5 cm³/mol. The van der Waals surface area contributed by atoms with Crippen LogP contribution in [0.3, 0.4) is 0 Å². The molecule has 20 heavy (non-hydrogen) atoms. The van der Waals surface area contributed by atoms with Crippen LogP contribution in [-0.4, -0.2) is 23.7 Å². The van der Waals surface area contributed by atoms with Gasteiger partial charge in [-0.05, 0) is 19.1 Å². The van der Waals surface area contributed by atoms with Crippen LogP contribution in [0, 0.1) is 12.7 Å². The van der Waals surface area contributed by atoms with Crippen LogP contribution in [0.4, 0.5) is 9.52 Å². The Labute approximate surface area is 126 Å². The smallest absolute Gasteiger partial charge is 0.266 e. The molecule has 0 amide bonds. The number of sulfonamides is 1. The minimum atomic E-state index is -4.14. The van der Waals surface area contributed by atoms with Gasteiger partial charge in [0.1, 0.15) is 15.7 Å². The van der Waals surface area contributed by atoms with Crippen LogP contribution in [0.1, 0.15) is 10.6 Å². The van der Waals surface area contributed by atoms with Gasteiger partial charge >= 0.3 is 0 Å². The van der Waals surface area contributed by atoms with Gasteiger partial charge in [0.15, 0.2) is 0 Å². The van der Waals surface area contributed by atoms with E-state index in [2.05, 4.69) is 30.8 Å². The summed E-state index contributed by atoms with van der Waals surface area (Å²) in [6.07, 6.45) is 0. The molecule has 0 saturated carbocycles. The van der Waals surface area contributed by atoms with Crippen molar-refractivity contribution < 1.29 is 17.9 Å². The van der Waals surface area contributed by atoms with E-state index < -0.39 is 27.3 Å². The molecule has 0 bridgehead atoms. The molecule has 0 aliphatic rings. The molecule has 0 radical (unpaired) electrons. The topological polar surface area (TPSA) is 92.2 Å². The molecule has 2 N–H and O–H groups in total. The first kappa shape index (κ1) is 15.3. The summed E-state index contributed by atoms with van der Waals surface area (Å²) < 4.78 is 40.8. The highest BCUT2D eigenvalue weighted by molar-refractivity contribution is 9.10. The number of benzene rings is 1. The molecule has 0 spiro atoms. The van der Waals surface area contributed by atoms with E-state index in [0.29, 0.717) is 9.48 Å². The fourth-order valence-electron chi connectivity index (χ4n) is 1.44. The lowest BCUT2D eigenvalue weighted by Crippen LogP contribution is -2.15. The first-order chi connectivity index (χ1) is 9.33. The van der Waals surface area contributed by atoms with Crippen LogP contribution in [0.25, 0.3) is 0 Å². The van der Waals surface area contributed by atoms with Crippen molar-refractivity contribution in [3.8, 4) is 0 Å². The average Bonchev–Trinajstić information content (AvgIpc) is 2.76. The van der Waals surface area contributed by atoms with E-state index in [4.69, 9.17) is 5.11 Å². The Hall–Kier alpha value is -1.10. The standard InChI is InChI=1S/C10H9BrFN3O3S2/c1-5-13-14-10(19-5)15-20(17,18)8-3-7(11)2-6(4-16)9(8)12/h2-3,16H,4H2,1H3,(H,14,15). The zero-order chi connectivity index (χ0) is 14.9. The maximum Gasteiger partial charge on any atom is 0.266 e. The molecule has 0 aliphatic heterocycles. The summed E-state index contributed by atoms with van der Waals surface area (Å²) in [7, 11) is -4.14. The molecule has 0 saturated heterocycles. The summed E-state index contributed by atoms with van der Waals surface area (Å²) in [6, 6.07) is 2.42. The molecule has 1 heterocycles. The largest absolute Gasteiger partial charge is 0.392 e. The van der Waals surface area contributed by atoms with Crippen LogP contribution in [0.15, 0.2) is 21.5 Å². The molecule has 0 unspecified atom stereocenters. The lowest BCUT2D eigenvalue weighted by Gasteiger charge is -2.09. The van der Waals surface area contributed by atoms with Gasteiger partial charge in [-0.2, -0.15) is 0 Å². The normalized spacial score (nSPS) is 11.6. The molecule has 0 atom stereocenters. The molecule has 2 aromatic rings. The molecule has 2 rings (SSSR count). The summed E-state index contributed by atoms with van der Waals surface area (Å²) >= 11 is 4.11. The molecule has 1 aromatic heterocycles. The highest BCUT2D eigenvalue weighted by atomic mass is 79.9. The van der Waals surface area contributed by atoms with Crippen molar-refractivity contribution in [2.75, 3.05) is 4.72 Å². The Morgan fingerprint density at radius 1 is 1.45 bits per heavy atom. The van der Waals surface area contributed by atoms with E-state index in [-0.39, 0.29) is 10.7 Å². The summed E-state index contributed by atoms with van der Waals surface area (Å²) in [5.41, 5.74) is -0.117. The van der Waals surface area contributed by atoms with Crippen molar-refractivity contribution in [2.24, 2.45) is 0 Å². The molecule has 1 aromatic carbocycles. The Morgan fingerprint density at radius 3 is 2.70 bits per heavy atom. The number of nitrogens with zero attached hydrogens (tertiary/aromatic N) is 2. The minimum Gasteiger partial charge on any atom is -0.392 e. The van der Waals surface area contributed by atoms with Crippen LogP contribution < -0.4 is 4.72 Å². The maximum absolute atomic E-state index is 14.0. The fraction of sp³-hybridized carbons (Fsp3) is 0.200. The third kappa shape index (κ3) is 3.14. The van der Waals surface area contributed by atoms with Gasteiger partial charge in [-0.25, -0.2) is 12.8 Å². The van der Waals surface area contributed by atoms with E-state index in [0.717, 1.165) is 17.4 Å². The first-order valence-corrected chi connectivity index (χ1v) is 8.34. The number of aromatic nitrogens is 2. The predicted octanol–water partition coefficient (Wildman–Crippen LogP) is 2.04. The van der Waals surface area contributed by atoms with Gasteiger partial charge in [-0.15, -0.1) is 10.2 Å². The number of halogens is 2. The SMILES string of the molecule is Cc1nnc(NS(=O)(=O)c2cc(Br)cc(CO)c2F)s1. The number of aryl methyl sites for hydroxylation is 1. The van der Waals surface area contributed by atoms with Crippen LogP contribution in [-0.2, 0) is 16.6 Å². The van der Waals surface area contributed by atoms with E-state index in [1.165, 1.54) is 6.07 Å². The van der Waals surface area contributed by atoms with E-state index in [1.807, 2.05) is 0 Å². The average molecular weight is 382 g/mol. The first-order valence-electron chi connectivity index (χ1n) is 5.25. The molecule has 0 fully saturated rings. The van der Waals surface area contributed by atoms with Gasteiger partial charge in [0.25, 0.3) is 10.0 Å². The number of hydrogen-bond acceptors (Lipinski definition) is 6. The lowest BCUT2D eigenvalue weighted by molar-refractivity contribution is 0.274. The number of nitrogens with one attached hydrogen (secondary N) is 1. The zero-order valence-corrected chi connectivity index (χ0v) is 13.3. The van der Waals surface area contributed by atoms with Crippen molar-refractivity contribution >= 4 is 42.4 Å². The highest BCUT2D eigenvalue weighted by Crippen LogP contribution is 2.26. The van der Waals surface area contributed by atoms with Gasteiger partial charge in [0, 0.05) is 10.0 Å². The molecule has 0 aliphatic carbocycles. The molecule has 10 heteroatoms. The van der Waals surface area contributed by atoms with Crippen molar-refractivity contribution in [3.05, 3.63) is 33.0 Å². The number of anilines is 1. The number of aliphatic hydroxyl groups is 1. The quantitative estimate of drug-likeness (QED) is 0.845. The highest BCUT2D eigenvalue weighted by Gasteiger charge is 2.23. The monoisotopic (exact) mass is 381 g/mol. The van der Waals surface area contributed by atoms with E-state index in [9.17, 15) is 12.8 Å². The van der Waals surface area contributed by atoms with Gasteiger partial charge in [-0.3, -0.25) is 4.72 Å². The molecular formula is C10H9BrFN3O3S2. The maximum atomic E-state index is 14.0. The van der Waals surface area contributed by atoms with Crippen LogP contribution >= 0.6 is 27.3 Å². The van der Waals surface area contributed by atoms with Crippen molar-refractivity contribution in [2.45, 2.75) is 18.4 Å². The summed E-state index contributed by atoms with van der Waals surface area (Å²) in [6.45, 7) is 1.06. The summed E-state index contributed by atoms with van der Waals surface area (Å²) in [5, 5.41) is 16.9. The van der Waals surface area contributed by atoms with Crippen LogP contribution in [0.5, 0.6) is 0 Å². The Morgan fingerprint density at radius 2 is 2.15 bits per heavy atom. The second-order valence-corrected chi connectivity index (χ2v) is 7.52. The third-order valence-corrected chi connectivity index (χ3v) is 4.97. The van der Waals surface area contributed by atoms with E-state index >= 15 is 0 Å². The van der Waals surface area contributed by atoms with Crippen molar-refractivity contribution in [1.29, 1.82) is 0 Å². The molecule has 6 nitrogen and oxygen atoms in total. The Bertz CT molecular complexity index is 748. The fourth-order valence-corrected chi connectivity index (χ4v) is 4.06. The molecule has 108 valence electrons. The van der Waals surface area contributed by atoms with Gasteiger partial charge in [0.05, 0.1) is 6.61 Å². The van der Waals surface area contributed by atoms with Crippen molar-refractivity contribution in [3.63, 3.8) is 0 Å². The number of hydrogen-bond donors (Lipinski definition) is 2. The third-order valence-electron chi connectivity index (χ3n) is 2.29. The number of aliphatic hydroxyl groups excluding tert-OH is 1. The minimum absolute atomic E-state index is 0.0485. The van der Waals surface area contributed by atoms with Gasteiger partial charge in [-0.1, -0.05) is 27.3 Å². The Kier molecular flexibility index (Phi) is 4.37. The number of rotatable bonds is 4. The van der Waals surface area contributed by atoms with Crippen LogP contribution in [0.2, 0.25) is 0 Å². The zero-order valence-electron chi connectivity index (χ0n) is 10.1. The van der Waals surface area contributed by atoms with Gasteiger partial charge in [0.2, 0.25) is 5.13 Å². The van der Waals surface area contributed by atoms with Crippen molar-refractivity contribution in [1.82, 2.24) is 10.2 Å². The van der Waals surface area contributed by atoms with Gasteiger partial charge < -0.3 is 5.11 Å². The summed E-state index contributed by atoms with van der Waals surface area (Å²) in [4.78, 5) is -0.566. The second kappa shape index (κ2) is 5.72. The summed E-state index contributed by atoms with van der Waals surface area (Å²) in [5.74, 6) is -0.996. The Balaban J connectivity index is 2.46. The molecular weight excluding hydrogens is 373 g/mol. The van der Waals surface area contributed by atoms with E-state index in [1.54, 1.807) is 6.92 Å².